The molecule has 0 amide bonds. The molecule has 0 unspecified atom stereocenters. The van der Waals surface area contributed by atoms with Crippen LogP contribution in [0.3, 0.4) is 0 Å². The largest absolute Gasteiger partial charge is 0.497 e. The van der Waals surface area contributed by atoms with E-state index in [1.807, 2.05) is 86.5 Å². The van der Waals surface area contributed by atoms with Gasteiger partial charge in [0.2, 0.25) is 0 Å². The van der Waals surface area contributed by atoms with Crippen LogP contribution in [0.4, 0.5) is 11.4 Å². The molecule has 0 radical (unpaired) electrons. The first-order valence-corrected chi connectivity index (χ1v) is 11.4. The minimum absolute atomic E-state index is 0.0874. The summed E-state index contributed by atoms with van der Waals surface area (Å²) in [5.41, 5.74) is 2.82. The maximum absolute atomic E-state index is 14.9. The maximum Gasteiger partial charge on any atom is 0.194 e. The SMILES string of the molecule is COc1ccc(P2(=O)c3cc(N(C)C)ccc3C(=O)c3ccc(N(C)C)cc32)cc1. The quantitative estimate of drug-likeness (QED) is 0.475. The number of fused-ring (bicyclic) bond motifs is 2. The molecule has 0 aliphatic carbocycles. The molecule has 3 aromatic carbocycles. The van der Waals surface area contributed by atoms with Crippen molar-refractivity contribution < 1.29 is 14.1 Å². The number of hydrogen-bond acceptors (Lipinski definition) is 5. The molecule has 0 spiro atoms. The molecule has 0 atom stereocenters. The van der Waals surface area contributed by atoms with Crippen molar-refractivity contribution in [1.29, 1.82) is 0 Å². The summed E-state index contributed by atoms with van der Waals surface area (Å²) in [6.45, 7) is 0. The van der Waals surface area contributed by atoms with Crippen LogP contribution in [0.15, 0.2) is 60.7 Å². The number of ketones is 1. The monoisotopic (exact) mass is 420 g/mol. The van der Waals surface area contributed by atoms with Crippen molar-refractivity contribution in [1.82, 2.24) is 0 Å². The van der Waals surface area contributed by atoms with Crippen molar-refractivity contribution in [3.8, 4) is 5.75 Å². The highest BCUT2D eigenvalue weighted by atomic mass is 31.2. The van der Waals surface area contributed by atoms with E-state index in [0.29, 0.717) is 32.8 Å². The fourth-order valence-corrected chi connectivity index (χ4v) is 6.89. The van der Waals surface area contributed by atoms with Crippen LogP contribution in [0.1, 0.15) is 15.9 Å². The average molecular weight is 420 g/mol. The van der Waals surface area contributed by atoms with E-state index in [9.17, 15) is 9.36 Å². The number of carbonyl (C=O) groups is 1. The Morgan fingerprint density at radius 3 is 1.60 bits per heavy atom. The van der Waals surface area contributed by atoms with Crippen LogP contribution in [0.25, 0.3) is 0 Å². The number of ether oxygens (including phenoxy) is 1. The molecule has 1 heterocycles. The number of rotatable bonds is 4. The molecule has 0 fully saturated rings. The summed E-state index contributed by atoms with van der Waals surface area (Å²) >= 11 is 0. The van der Waals surface area contributed by atoms with Crippen LogP contribution in [-0.2, 0) is 4.57 Å². The van der Waals surface area contributed by atoms with Gasteiger partial charge in [0.15, 0.2) is 12.9 Å². The fourth-order valence-electron chi connectivity index (χ4n) is 3.85. The van der Waals surface area contributed by atoms with Crippen LogP contribution >= 0.6 is 7.14 Å². The Kier molecular flexibility index (Phi) is 4.95. The van der Waals surface area contributed by atoms with Crippen molar-refractivity contribution in [2.75, 3.05) is 45.1 Å². The Labute approximate surface area is 177 Å². The van der Waals surface area contributed by atoms with Gasteiger partial charge in [-0.25, -0.2) is 0 Å². The van der Waals surface area contributed by atoms with Crippen molar-refractivity contribution in [2.24, 2.45) is 0 Å². The van der Waals surface area contributed by atoms with Gasteiger partial charge in [0.25, 0.3) is 0 Å². The van der Waals surface area contributed by atoms with E-state index in [-0.39, 0.29) is 5.78 Å². The molecule has 1 aliphatic rings. The molecule has 6 heteroatoms. The van der Waals surface area contributed by atoms with Crippen molar-refractivity contribution in [3.63, 3.8) is 0 Å². The third kappa shape index (κ3) is 3.01. The summed E-state index contributed by atoms with van der Waals surface area (Å²) in [5, 5.41) is 1.87. The first kappa shape index (κ1) is 20.2. The molecule has 0 saturated heterocycles. The molecular weight excluding hydrogens is 395 g/mol. The highest BCUT2D eigenvalue weighted by molar-refractivity contribution is 7.85. The Morgan fingerprint density at radius 1 is 0.733 bits per heavy atom. The predicted molar refractivity (Wildman–Crippen MR) is 124 cm³/mol. The highest BCUT2D eigenvalue weighted by Gasteiger charge is 2.41. The molecule has 0 N–H and O–H groups in total. The van der Waals surface area contributed by atoms with Gasteiger partial charge in [-0.2, -0.15) is 0 Å². The van der Waals surface area contributed by atoms with E-state index in [1.165, 1.54) is 0 Å². The van der Waals surface area contributed by atoms with Gasteiger partial charge in [-0.1, -0.05) is 0 Å². The number of carbonyl (C=O) groups excluding carboxylic acids is 1. The summed E-state index contributed by atoms with van der Waals surface area (Å²) in [4.78, 5) is 17.2. The number of anilines is 2. The third-order valence-corrected chi connectivity index (χ3v) is 8.72. The second-order valence-electron chi connectivity index (χ2n) is 7.83. The Morgan fingerprint density at radius 2 is 1.20 bits per heavy atom. The average Bonchev–Trinajstić information content (AvgIpc) is 2.76. The van der Waals surface area contributed by atoms with Gasteiger partial charge in [-0.05, 0) is 60.7 Å². The lowest BCUT2D eigenvalue weighted by atomic mass is 10.0. The summed E-state index contributed by atoms with van der Waals surface area (Å²) in [6, 6.07) is 18.5. The number of methoxy groups -OCH3 is 1. The van der Waals surface area contributed by atoms with Crippen LogP contribution in [-0.4, -0.2) is 41.1 Å². The number of hydrogen-bond donors (Lipinski definition) is 0. The molecule has 4 rings (SSSR count). The van der Waals surface area contributed by atoms with Crippen LogP contribution in [0, 0.1) is 0 Å². The zero-order chi connectivity index (χ0) is 21.6. The molecule has 0 aromatic heterocycles. The first-order chi connectivity index (χ1) is 14.3. The lowest BCUT2D eigenvalue weighted by molar-refractivity contribution is 0.104. The Bertz CT molecular complexity index is 1120. The second kappa shape index (κ2) is 7.33. The third-order valence-electron chi connectivity index (χ3n) is 5.60. The van der Waals surface area contributed by atoms with E-state index in [4.69, 9.17) is 4.74 Å². The smallest absolute Gasteiger partial charge is 0.194 e. The van der Waals surface area contributed by atoms with E-state index in [0.717, 1.165) is 11.4 Å². The van der Waals surface area contributed by atoms with Crippen LogP contribution in [0.5, 0.6) is 5.75 Å². The van der Waals surface area contributed by atoms with Gasteiger partial charge in [-0.3, -0.25) is 4.79 Å². The van der Waals surface area contributed by atoms with E-state index in [1.54, 1.807) is 19.2 Å². The fraction of sp³-hybridized carbons (Fsp3) is 0.208. The van der Waals surface area contributed by atoms with Crippen LogP contribution in [0.2, 0.25) is 0 Å². The van der Waals surface area contributed by atoms with Gasteiger partial charge in [0.1, 0.15) is 5.75 Å². The maximum atomic E-state index is 14.9. The van der Waals surface area contributed by atoms with Gasteiger partial charge >= 0.3 is 0 Å². The molecule has 3 aromatic rings. The zero-order valence-corrected chi connectivity index (χ0v) is 18.7. The van der Waals surface area contributed by atoms with Crippen molar-refractivity contribution >= 4 is 40.2 Å². The minimum atomic E-state index is -3.28. The predicted octanol–water partition coefficient (Wildman–Crippen LogP) is 3.01. The molecule has 0 saturated carbocycles. The lowest BCUT2D eigenvalue weighted by Gasteiger charge is -2.30. The van der Waals surface area contributed by atoms with Gasteiger partial charge in [0, 0.05) is 66.6 Å². The summed E-state index contributed by atoms with van der Waals surface area (Å²) in [6.07, 6.45) is 0. The van der Waals surface area contributed by atoms with Gasteiger partial charge in [-0.15, -0.1) is 0 Å². The lowest BCUT2D eigenvalue weighted by Crippen LogP contribution is -2.37. The normalized spacial score (nSPS) is 14.0. The zero-order valence-electron chi connectivity index (χ0n) is 17.8. The highest BCUT2D eigenvalue weighted by Crippen LogP contribution is 2.48. The topological polar surface area (TPSA) is 49.9 Å². The molecule has 5 nitrogen and oxygen atoms in total. The molecule has 0 bridgehead atoms. The summed E-state index contributed by atoms with van der Waals surface area (Å²) < 4.78 is 20.2. The Balaban J connectivity index is 2.07. The number of benzene rings is 3. The van der Waals surface area contributed by atoms with Gasteiger partial charge < -0.3 is 19.1 Å². The Hall–Kier alpha value is -3.04. The standard InChI is InChI=1S/C24H25N2O3P/c1-25(2)16-6-12-20-22(14-16)30(28,19-10-8-18(29-5)9-11-19)23-15-17(26(3)4)7-13-21(23)24(20)27/h6-15H,1-5H3. The van der Waals surface area contributed by atoms with Gasteiger partial charge in [0.05, 0.1) is 7.11 Å². The minimum Gasteiger partial charge on any atom is -0.497 e. The van der Waals surface area contributed by atoms with E-state index in [2.05, 4.69) is 0 Å². The van der Waals surface area contributed by atoms with E-state index < -0.39 is 7.14 Å². The summed E-state index contributed by atoms with van der Waals surface area (Å²) in [7, 11) is 6.06. The van der Waals surface area contributed by atoms with Crippen molar-refractivity contribution in [2.45, 2.75) is 0 Å². The van der Waals surface area contributed by atoms with E-state index >= 15 is 0 Å². The van der Waals surface area contributed by atoms with Crippen molar-refractivity contribution in [3.05, 3.63) is 71.8 Å². The molecule has 154 valence electrons. The summed E-state index contributed by atoms with van der Waals surface area (Å²) in [5.74, 6) is 0.610. The first-order valence-electron chi connectivity index (χ1n) is 9.70. The molecule has 30 heavy (non-hydrogen) atoms. The van der Waals surface area contributed by atoms with Crippen LogP contribution < -0.4 is 30.5 Å². The number of nitrogens with zero attached hydrogens (tertiary/aromatic N) is 2. The molecule has 1 aliphatic heterocycles. The second-order valence-corrected chi connectivity index (χ2v) is 10.5. The molecular formula is C24H25N2O3P.